The molecule has 0 saturated carbocycles. The van der Waals surface area contributed by atoms with Gasteiger partial charge in [0.05, 0.1) is 11.4 Å². The lowest BCUT2D eigenvalue weighted by molar-refractivity contribution is -0.116. The Kier molecular flexibility index (Phi) is 4.52. The quantitative estimate of drug-likeness (QED) is 0.848. The first-order chi connectivity index (χ1) is 9.95. The van der Waals surface area contributed by atoms with Crippen molar-refractivity contribution in [3.05, 3.63) is 59.2 Å². The third-order valence-corrected chi connectivity index (χ3v) is 3.08. The van der Waals surface area contributed by atoms with E-state index in [2.05, 4.69) is 5.32 Å². The summed E-state index contributed by atoms with van der Waals surface area (Å²) in [6.07, 6.45) is 0.756. The summed E-state index contributed by atoms with van der Waals surface area (Å²) in [5.41, 5.74) is 7.19. The van der Waals surface area contributed by atoms with Crippen LogP contribution < -0.4 is 11.1 Å². The molecule has 0 aliphatic rings. The van der Waals surface area contributed by atoms with E-state index in [0.717, 1.165) is 17.2 Å². The maximum atomic E-state index is 13.5. The molecule has 110 valence electrons. The summed E-state index contributed by atoms with van der Waals surface area (Å²) in [5, 5.41) is 2.40. The molecule has 3 nitrogen and oxygen atoms in total. The second-order valence-electron chi connectivity index (χ2n) is 4.89. The van der Waals surface area contributed by atoms with Crippen molar-refractivity contribution in [2.45, 2.75) is 19.8 Å². The van der Waals surface area contributed by atoms with Crippen molar-refractivity contribution >= 4 is 17.3 Å². The Balaban J connectivity index is 1.97. The monoisotopic (exact) mass is 290 g/mol. The first-order valence-electron chi connectivity index (χ1n) is 6.55. The highest BCUT2D eigenvalue weighted by molar-refractivity contribution is 5.91. The van der Waals surface area contributed by atoms with Crippen molar-refractivity contribution in [1.82, 2.24) is 0 Å². The molecule has 0 heterocycles. The van der Waals surface area contributed by atoms with Crippen LogP contribution in [-0.2, 0) is 11.2 Å². The summed E-state index contributed by atoms with van der Waals surface area (Å²) in [4.78, 5) is 11.8. The number of aryl methyl sites for hydroxylation is 2. The fourth-order valence-electron chi connectivity index (χ4n) is 2.00. The van der Waals surface area contributed by atoms with Crippen molar-refractivity contribution in [3.8, 4) is 0 Å². The van der Waals surface area contributed by atoms with Gasteiger partial charge in [0, 0.05) is 12.5 Å². The Morgan fingerprint density at radius 1 is 1.19 bits per heavy atom. The number of nitrogens with one attached hydrogen (secondary N) is 1. The zero-order valence-corrected chi connectivity index (χ0v) is 11.6. The molecule has 0 atom stereocenters. The Bertz CT molecular complexity index is 671. The van der Waals surface area contributed by atoms with Gasteiger partial charge in [-0.1, -0.05) is 29.8 Å². The molecule has 5 heteroatoms. The highest BCUT2D eigenvalue weighted by Gasteiger charge is 2.11. The van der Waals surface area contributed by atoms with E-state index >= 15 is 0 Å². The van der Waals surface area contributed by atoms with Crippen molar-refractivity contribution in [3.63, 3.8) is 0 Å². The van der Waals surface area contributed by atoms with E-state index in [1.54, 1.807) is 0 Å². The number of anilines is 2. The van der Waals surface area contributed by atoms with E-state index in [1.165, 1.54) is 0 Å². The molecule has 2 rings (SSSR count). The molecular formula is C16H16F2N2O. The number of hydrogen-bond acceptors (Lipinski definition) is 2. The molecule has 0 bridgehead atoms. The molecule has 3 N–H and O–H groups in total. The van der Waals surface area contributed by atoms with Gasteiger partial charge in [-0.3, -0.25) is 4.79 Å². The molecule has 0 radical (unpaired) electrons. The van der Waals surface area contributed by atoms with Gasteiger partial charge >= 0.3 is 0 Å². The van der Waals surface area contributed by atoms with E-state index in [4.69, 9.17) is 5.73 Å². The Hall–Kier alpha value is -2.43. The minimum atomic E-state index is -0.842. The van der Waals surface area contributed by atoms with Gasteiger partial charge in [-0.25, -0.2) is 8.78 Å². The smallest absolute Gasteiger partial charge is 0.224 e. The number of carbonyl (C=O) groups is 1. The summed E-state index contributed by atoms with van der Waals surface area (Å²) in [6, 6.07) is 9.55. The second kappa shape index (κ2) is 6.35. The van der Waals surface area contributed by atoms with Gasteiger partial charge < -0.3 is 11.1 Å². The highest BCUT2D eigenvalue weighted by atomic mass is 19.1. The van der Waals surface area contributed by atoms with Gasteiger partial charge in [-0.15, -0.1) is 0 Å². The maximum Gasteiger partial charge on any atom is 0.224 e. The number of halogens is 2. The normalized spacial score (nSPS) is 10.4. The fourth-order valence-corrected chi connectivity index (χ4v) is 2.00. The largest absolute Gasteiger partial charge is 0.396 e. The first kappa shape index (κ1) is 15.0. The summed E-state index contributed by atoms with van der Waals surface area (Å²) in [7, 11) is 0. The highest BCUT2D eigenvalue weighted by Crippen LogP contribution is 2.21. The van der Waals surface area contributed by atoms with Crippen LogP contribution in [0.3, 0.4) is 0 Å². The van der Waals surface area contributed by atoms with Gasteiger partial charge in [0.2, 0.25) is 5.91 Å². The summed E-state index contributed by atoms with van der Waals surface area (Å²) in [5.74, 6) is -2.03. The molecule has 1 amide bonds. The topological polar surface area (TPSA) is 55.1 Å². The van der Waals surface area contributed by atoms with Crippen molar-refractivity contribution in [2.75, 3.05) is 11.1 Å². The number of amides is 1. The van der Waals surface area contributed by atoms with Gasteiger partial charge in [0.15, 0.2) is 0 Å². The minimum Gasteiger partial charge on any atom is -0.396 e. The van der Waals surface area contributed by atoms with Crippen LogP contribution in [0.15, 0.2) is 36.4 Å². The van der Waals surface area contributed by atoms with Crippen LogP contribution in [0.1, 0.15) is 17.5 Å². The van der Waals surface area contributed by atoms with Gasteiger partial charge in [-0.2, -0.15) is 0 Å². The summed E-state index contributed by atoms with van der Waals surface area (Å²) in [6.45, 7) is 1.97. The summed E-state index contributed by atoms with van der Waals surface area (Å²) < 4.78 is 26.5. The van der Waals surface area contributed by atoms with Gasteiger partial charge in [-0.05, 0) is 25.0 Å². The molecule has 0 aromatic heterocycles. The van der Waals surface area contributed by atoms with Crippen molar-refractivity contribution in [2.24, 2.45) is 0 Å². The van der Waals surface area contributed by atoms with Crippen LogP contribution in [-0.4, -0.2) is 5.91 Å². The van der Waals surface area contributed by atoms with E-state index in [9.17, 15) is 13.6 Å². The van der Waals surface area contributed by atoms with Crippen LogP contribution in [0.4, 0.5) is 20.2 Å². The molecule has 0 aliphatic heterocycles. The minimum absolute atomic E-state index is 0.108. The third-order valence-electron chi connectivity index (χ3n) is 3.08. The SMILES string of the molecule is Cc1cccc(CCC(=O)Nc2cc(N)c(F)cc2F)c1. The van der Waals surface area contributed by atoms with Gasteiger partial charge in [0.1, 0.15) is 11.6 Å². The van der Waals surface area contributed by atoms with Gasteiger partial charge in [0.25, 0.3) is 0 Å². The Labute approximate surface area is 121 Å². The number of nitrogens with two attached hydrogens (primary N) is 1. The van der Waals surface area contributed by atoms with E-state index in [0.29, 0.717) is 12.5 Å². The number of benzene rings is 2. The first-order valence-corrected chi connectivity index (χ1v) is 6.55. The molecule has 0 saturated heterocycles. The average molecular weight is 290 g/mol. The predicted molar refractivity (Wildman–Crippen MR) is 78.9 cm³/mol. The van der Waals surface area contributed by atoms with E-state index in [-0.39, 0.29) is 23.7 Å². The molecule has 0 unspecified atom stereocenters. The average Bonchev–Trinajstić information content (AvgIpc) is 2.43. The number of nitrogen functional groups attached to an aromatic ring is 1. The number of carbonyl (C=O) groups excluding carboxylic acids is 1. The van der Waals surface area contributed by atoms with Crippen LogP contribution in [0.25, 0.3) is 0 Å². The van der Waals surface area contributed by atoms with E-state index in [1.807, 2.05) is 31.2 Å². The van der Waals surface area contributed by atoms with Crippen LogP contribution in [0.5, 0.6) is 0 Å². The van der Waals surface area contributed by atoms with Crippen LogP contribution in [0.2, 0.25) is 0 Å². The Morgan fingerprint density at radius 2 is 1.95 bits per heavy atom. The molecule has 0 fully saturated rings. The molecule has 2 aromatic rings. The lowest BCUT2D eigenvalue weighted by atomic mass is 10.1. The number of hydrogen-bond donors (Lipinski definition) is 2. The van der Waals surface area contributed by atoms with Crippen LogP contribution in [0, 0.1) is 18.6 Å². The fraction of sp³-hybridized carbons (Fsp3) is 0.188. The lowest BCUT2D eigenvalue weighted by Crippen LogP contribution is -2.14. The van der Waals surface area contributed by atoms with Crippen LogP contribution >= 0.6 is 0 Å². The summed E-state index contributed by atoms with van der Waals surface area (Å²) >= 11 is 0. The zero-order valence-electron chi connectivity index (χ0n) is 11.6. The lowest BCUT2D eigenvalue weighted by Gasteiger charge is -2.08. The molecule has 2 aromatic carbocycles. The van der Waals surface area contributed by atoms with Crippen molar-refractivity contribution in [1.29, 1.82) is 0 Å². The second-order valence-corrected chi connectivity index (χ2v) is 4.89. The standard InChI is InChI=1S/C16H16F2N2O/c1-10-3-2-4-11(7-10)5-6-16(21)20-15-9-14(19)12(17)8-13(15)18/h2-4,7-9H,5-6,19H2,1H3,(H,20,21). The predicted octanol–water partition coefficient (Wildman–Crippen LogP) is 3.43. The molecule has 0 spiro atoms. The Morgan fingerprint density at radius 3 is 2.67 bits per heavy atom. The molecule has 0 aliphatic carbocycles. The van der Waals surface area contributed by atoms with Crippen molar-refractivity contribution < 1.29 is 13.6 Å². The third kappa shape index (κ3) is 4.02. The van der Waals surface area contributed by atoms with E-state index < -0.39 is 11.6 Å². The molecule has 21 heavy (non-hydrogen) atoms. The maximum absolute atomic E-state index is 13.5. The zero-order chi connectivity index (χ0) is 15.4. The number of rotatable bonds is 4. The molecular weight excluding hydrogens is 274 g/mol.